The molecule has 3 nitrogen and oxygen atoms in total. The maximum atomic E-state index is 9.90. The minimum absolute atomic E-state index is 0.0857. The SMILES string of the molecule is OC[C@@H]1C[C@H](c2cc(Cl)c(Cl)cc2O)CCN1. The third kappa shape index (κ3) is 2.86. The summed E-state index contributed by atoms with van der Waals surface area (Å²) < 4.78 is 0. The second-order valence-corrected chi connectivity index (χ2v) is 5.19. The van der Waals surface area contributed by atoms with Crippen molar-refractivity contribution in [2.45, 2.75) is 24.8 Å². The molecule has 1 aliphatic heterocycles. The third-order valence-corrected chi connectivity index (χ3v) is 3.95. The van der Waals surface area contributed by atoms with Gasteiger partial charge in [0, 0.05) is 12.1 Å². The van der Waals surface area contributed by atoms with E-state index < -0.39 is 0 Å². The predicted molar refractivity (Wildman–Crippen MR) is 69.0 cm³/mol. The molecule has 5 heteroatoms. The molecule has 0 aromatic heterocycles. The molecule has 0 radical (unpaired) electrons. The van der Waals surface area contributed by atoms with E-state index in [-0.39, 0.29) is 24.3 Å². The van der Waals surface area contributed by atoms with Crippen molar-refractivity contribution in [2.75, 3.05) is 13.2 Å². The highest BCUT2D eigenvalue weighted by Gasteiger charge is 2.24. The Balaban J connectivity index is 2.24. The van der Waals surface area contributed by atoms with Crippen molar-refractivity contribution in [1.29, 1.82) is 0 Å². The predicted octanol–water partition coefficient (Wildman–Crippen LogP) is 2.53. The van der Waals surface area contributed by atoms with Crippen molar-refractivity contribution < 1.29 is 10.2 Å². The second kappa shape index (κ2) is 5.44. The second-order valence-electron chi connectivity index (χ2n) is 4.38. The lowest BCUT2D eigenvalue weighted by molar-refractivity contribution is 0.209. The van der Waals surface area contributed by atoms with Crippen LogP contribution in [0.25, 0.3) is 0 Å². The van der Waals surface area contributed by atoms with Crippen LogP contribution in [0.15, 0.2) is 12.1 Å². The van der Waals surface area contributed by atoms with Crippen molar-refractivity contribution in [1.82, 2.24) is 5.32 Å². The number of aliphatic hydroxyl groups excluding tert-OH is 1. The lowest BCUT2D eigenvalue weighted by Gasteiger charge is -2.30. The van der Waals surface area contributed by atoms with Gasteiger partial charge in [0.15, 0.2) is 0 Å². The third-order valence-electron chi connectivity index (χ3n) is 3.22. The Hall–Kier alpha value is -0.480. The normalized spacial score (nSPS) is 24.9. The molecule has 0 unspecified atom stereocenters. The first-order chi connectivity index (χ1) is 8.11. The molecule has 17 heavy (non-hydrogen) atoms. The van der Waals surface area contributed by atoms with Crippen LogP contribution in [0.3, 0.4) is 0 Å². The summed E-state index contributed by atoms with van der Waals surface area (Å²) >= 11 is 11.8. The molecule has 0 spiro atoms. The summed E-state index contributed by atoms with van der Waals surface area (Å²) in [5.41, 5.74) is 0.819. The van der Waals surface area contributed by atoms with E-state index in [0.29, 0.717) is 10.0 Å². The first-order valence-electron chi connectivity index (χ1n) is 5.64. The quantitative estimate of drug-likeness (QED) is 0.778. The molecule has 0 bridgehead atoms. The smallest absolute Gasteiger partial charge is 0.120 e. The first-order valence-corrected chi connectivity index (χ1v) is 6.39. The Kier molecular flexibility index (Phi) is 4.15. The van der Waals surface area contributed by atoms with Gasteiger partial charge in [-0.3, -0.25) is 0 Å². The number of aromatic hydroxyl groups is 1. The zero-order chi connectivity index (χ0) is 12.4. The lowest BCUT2D eigenvalue weighted by atomic mass is 9.86. The lowest BCUT2D eigenvalue weighted by Crippen LogP contribution is -2.39. The van der Waals surface area contributed by atoms with Crippen LogP contribution in [-0.2, 0) is 0 Å². The molecule has 1 aliphatic rings. The maximum Gasteiger partial charge on any atom is 0.120 e. The van der Waals surface area contributed by atoms with Crippen LogP contribution in [0, 0.1) is 0 Å². The van der Waals surface area contributed by atoms with E-state index in [0.717, 1.165) is 24.9 Å². The first kappa shape index (κ1) is 13.0. The van der Waals surface area contributed by atoms with Crippen LogP contribution >= 0.6 is 23.2 Å². The van der Waals surface area contributed by atoms with Crippen LogP contribution in [0.2, 0.25) is 10.0 Å². The summed E-state index contributed by atoms with van der Waals surface area (Å²) in [5.74, 6) is 0.395. The highest BCUT2D eigenvalue weighted by Crippen LogP contribution is 2.38. The molecule has 0 amide bonds. The van der Waals surface area contributed by atoms with Gasteiger partial charge < -0.3 is 15.5 Å². The number of phenols is 1. The van der Waals surface area contributed by atoms with Crippen LogP contribution < -0.4 is 5.32 Å². The fourth-order valence-electron chi connectivity index (χ4n) is 2.31. The van der Waals surface area contributed by atoms with Gasteiger partial charge in [0.25, 0.3) is 0 Å². The van der Waals surface area contributed by atoms with E-state index in [1.165, 1.54) is 6.07 Å². The van der Waals surface area contributed by atoms with Crippen LogP contribution in [0.5, 0.6) is 5.75 Å². The van der Waals surface area contributed by atoms with Crippen LogP contribution in [-0.4, -0.2) is 29.4 Å². The number of nitrogens with one attached hydrogen (secondary N) is 1. The van der Waals surface area contributed by atoms with Crippen molar-refractivity contribution in [2.24, 2.45) is 0 Å². The van der Waals surface area contributed by atoms with E-state index in [1.807, 2.05) is 0 Å². The Morgan fingerprint density at radius 3 is 2.71 bits per heavy atom. The maximum absolute atomic E-state index is 9.90. The molecule has 1 heterocycles. The van der Waals surface area contributed by atoms with Gasteiger partial charge in [0.2, 0.25) is 0 Å². The molecule has 1 saturated heterocycles. The van der Waals surface area contributed by atoms with E-state index >= 15 is 0 Å². The summed E-state index contributed by atoms with van der Waals surface area (Å²) in [4.78, 5) is 0. The average Bonchev–Trinajstić information content (AvgIpc) is 2.34. The summed E-state index contributed by atoms with van der Waals surface area (Å²) in [6.45, 7) is 0.939. The van der Waals surface area contributed by atoms with Crippen molar-refractivity contribution in [3.05, 3.63) is 27.7 Å². The monoisotopic (exact) mass is 275 g/mol. The number of hydrogen-bond donors (Lipinski definition) is 3. The Morgan fingerprint density at radius 1 is 1.29 bits per heavy atom. The zero-order valence-corrected chi connectivity index (χ0v) is 10.8. The van der Waals surface area contributed by atoms with Gasteiger partial charge in [-0.1, -0.05) is 23.2 Å². The average molecular weight is 276 g/mol. The summed E-state index contributed by atoms with van der Waals surface area (Å²) in [7, 11) is 0. The Morgan fingerprint density at radius 2 is 2.00 bits per heavy atom. The van der Waals surface area contributed by atoms with Gasteiger partial charge in [0.05, 0.1) is 16.7 Å². The van der Waals surface area contributed by atoms with E-state index in [4.69, 9.17) is 28.3 Å². The van der Waals surface area contributed by atoms with Gasteiger partial charge in [-0.15, -0.1) is 0 Å². The number of hydrogen-bond acceptors (Lipinski definition) is 3. The number of halogens is 2. The molecule has 1 aromatic rings. The molecule has 2 rings (SSSR count). The standard InChI is InChI=1S/C12H15Cl2NO2/c13-10-4-9(12(17)5-11(10)14)7-1-2-15-8(3-7)6-16/h4-5,7-8,15-17H,1-3,6H2/t7-,8+/m1/s1. The fraction of sp³-hybridized carbons (Fsp3) is 0.500. The van der Waals surface area contributed by atoms with Gasteiger partial charge >= 0.3 is 0 Å². The minimum atomic E-state index is 0.0857. The van der Waals surface area contributed by atoms with Crippen LogP contribution in [0.1, 0.15) is 24.3 Å². The van der Waals surface area contributed by atoms with Gasteiger partial charge in [-0.2, -0.15) is 0 Å². The topological polar surface area (TPSA) is 52.5 Å². The molecule has 0 aliphatic carbocycles. The highest BCUT2D eigenvalue weighted by molar-refractivity contribution is 6.42. The number of piperidine rings is 1. The molecule has 2 atom stereocenters. The highest BCUT2D eigenvalue weighted by atomic mass is 35.5. The fourth-order valence-corrected chi connectivity index (χ4v) is 2.64. The number of phenolic OH excluding ortho intramolecular Hbond substituents is 1. The number of rotatable bonds is 2. The molecule has 0 saturated carbocycles. The summed E-state index contributed by atoms with van der Waals surface area (Å²) in [5, 5.41) is 23.1. The number of aliphatic hydroxyl groups is 1. The van der Waals surface area contributed by atoms with E-state index in [9.17, 15) is 5.11 Å². The van der Waals surface area contributed by atoms with Gasteiger partial charge in [-0.25, -0.2) is 0 Å². The Labute approximate surface area is 110 Å². The summed E-state index contributed by atoms with van der Waals surface area (Å²) in [6, 6.07) is 3.29. The molecule has 3 N–H and O–H groups in total. The Bertz CT molecular complexity index is 412. The molecule has 1 aromatic carbocycles. The van der Waals surface area contributed by atoms with Gasteiger partial charge in [0.1, 0.15) is 5.75 Å². The van der Waals surface area contributed by atoms with E-state index in [1.54, 1.807) is 6.07 Å². The molecule has 94 valence electrons. The molecular formula is C12H15Cl2NO2. The summed E-state index contributed by atoms with van der Waals surface area (Å²) in [6.07, 6.45) is 1.71. The minimum Gasteiger partial charge on any atom is -0.508 e. The van der Waals surface area contributed by atoms with Crippen molar-refractivity contribution in [3.63, 3.8) is 0 Å². The van der Waals surface area contributed by atoms with Gasteiger partial charge in [-0.05, 0) is 36.9 Å². The van der Waals surface area contributed by atoms with E-state index in [2.05, 4.69) is 5.32 Å². The van der Waals surface area contributed by atoms with Crippen LogP contribution in [0.4, 0.5) is 0 Å². The zero-order valence-electron chi connectivity index (χ0n) is 9.29. The number of benzene rings is 1. The van der Waals surface area contributed by atoms with Crippen molar-refractivity contribution >= 4 is 23.2 Å². The largest absolute Gasteiger partial charge is 0.508 e. The van der Waals surface area contributed by atoms with Crippen molar-refractivity contribution in [3.8, 4) is 5.75 Å². The molecule has 1 fully saturated rings. The molecular weight excluding hydrogens is 261 g/mol.